The predicted octanol–water partition coefficient (Wildman–Crippen LogP) is 6.46. The number of hydrogen-bond donors (Lipinski definition) is 2. The summed E-state index contributed by atoms with van der Waals surface area (Å²) >= 11 is 0.716. The number of likely N-dealkylation sites (tertiary alicyclic amines) is 1. The molecule has 0 aliphatic carbocycles. The van der Waals surface area contributed by atoms with Crippen molar-refractivity contribution in [2.45, 2.75) is 79.0 Å². The molecule has 1 fully saturated rings. The van der Waals surface area contributed by atoms with Gasteiger partial charge in [0, 0.05) is 25.2 Å². The molecule has 9 nitrogen and oxygen atoms in total. The molecule has 1 aromatic carbocycles. The minimum atomic E-state index is -2.67. The fourth-order valence-electron chi connectivity index (χ4n) is 4.55. The van der Waals surface area contributed by atoms with Crippen LogP contribution in [0.5, 0.6) is 0 Å². The Balaban J connectivity index is 1.66. The summed E-state index contributed by atoms with van der Waals surface area (Å²) in [5, 5.41) is 5.69. The lowest BCUT2D eigenvalue weighted by Gasteiger charge is -2.29. The van der Waals surface area contributed by atoms with Gasteiger partial charge in [0.15, 0.2) is 0 Å². The van der Waals surface area contributed by atoms with Crippen molar-refractivity contribution in [3.63, 3.8) is 0 Å². The molecule has 1 aliphatic rings. The predicted molar refractivity (Wildman–Crippen MR) is 155 cm³/mol. The Morgan fingerprint density at radius 2 is 1.83 bits per heavy atom. The smallest absolute Gasteiger partial charge is 0.410 e. The van der Waals surface area contributed by atoms with Crippen LogP contribution in [0.1, 0.15) is 85.7 Å². The Kier molecular flexibility index (Phi) is 8.72. The van der Waals surface area contributed by atoms with Gasteiger partial charge in [0.05, 0.1) is 26.8 Å². The lowest BCUT2D eigenvalue weighted by atomic mass is 9.97. The number of thiophene rings is 1. The lowest BCUT2D eigenvalue weighted by molar-refractivity contribution is 0.0214. The van der Waals surface area contributed by atoms with Crippen molar-refractivity contribution < 1.29 is 27.9 Å². The van der Waals surface area contributed by atoms with Crippen molar-refractivity contribution in [1.82, 2.24) is 19.8 Å². The van der Waals surface area contributed by atoms with E-state index in [1.165, 1.54) is 12.1 Å². The van der Waals surface area contributed by atoms with Crippen LogP contribution in [0, 0.1) is 5.41 Å². The molecule has 2 aromatic heterocycles. The molecule has 1 aliphatic heterocycles. The molecule has 41 heavy (non-hydrogen) atoms. The summed E-state index contributed by atoms with van der Waals surface area (Å²) in [5.41, 5.74) is 0.812. The second-order valence-electron chi connectivity index (χ2n) is 12.4. The summed E-state index contributed by atoms with van der Waals surface area (Å²) in [5.74, 6) is -0.621. The molecule has 3 aromatic rings. The van der Waals surface area contributed by atoms with Crippen LogP contribution in [-0.2, 0) is 11.3 Å². The monoisotopic (exact) mass is 589 g/mol. The number of carbonyl (C=O) groups is 3. The quantitative estimate of drug-likeness (QED) is 0.329. The fourth-order valence-corrected chi connectivity index (χ4v) is 5.31. The fraction of sp³-hybridized carbons (Fsp3) is 0.517. The number of rotatable bonds is 7. The first-order chi connectivity index (χ1) is 19.1. The number of nitrogens with one attached hydrogen (secondary N) is 2. The topological polar surface area (TPSA) is 106 Å². The number of amides is 3. The number of fused-ring (bicyclic) bond motifs is 1. The Labute approximate surface area is 242 Å². The molecular formula is C29H37F2N5O4S. The van der Waals surface area contributed by atoms with Gasteiger partial charge in [-0.3, -0.25) is 14.9 Å². The average Bonchev–Trinajstić information content (AvgIpc) is 3.60. The first kappa shape index (κ1) is 30.4. The molecule has 4 rings (SSSR count). The van der Waals surface area contributed by atoms with Crippen LogP contribution < -0.4 is 10.6 Å². The van der Waals surface area contributed by atoms with E-state index < -0.39 is 24.0 Å². The van der Waals surface area contributed by atoms with Crippen LogP contribution in [0.3, 0.4) is 0 Å². The van der Waals surface area contributed by atoms with E-state index in [4.69, 9.17) is 4.74 Å². The number of ether oxygens (including phenoxy) is 1. The zero-order valence-corrected chi connectivity index (χ0v) is 25.0. The Morgan fingerprint density at radius 3 is 2.46 bits per heavy atom. The van der Waals surface area contributed by atoms with Crippen molar-refractivity contribution in [2.75, 3.05) is 18.4 Å². The highest BCUT2D eigenvalue weighted by Crippen LogP contribution is 2.30. The Hall–Kier alpha value is -3.54. The standard InChI is InChI=1S/C29H37F2N5O4S/c1-28(2,3)16-32-24(37)17-9-10-20-19(14-17)33-26(34-25(38)22-12-11-21(41-22)23(30)31)36(20)15-18-8-7-13-35(18)27(39)40-29(4,5)6/h9-12,14,18,23H,7-8,13,15-16H2,1-6H3,(H,32,37)(H,33,34,38)/t18-/m1/s1. The number of anilines is 1. The molecule has 0 radical (unpaired) electrons. The van der Waals surface area contributed by atoms with Gasteiger partial charge in [-0.15, -0.1) is 11.3 Å². The minimum absolute atomic E-state index is 0.0912. The lowest BCUT2D eigenvalue weighted by Crippen LogP contribution is -2.41. The summed E-state index contributed by atoms with van der Waals surface area (Å²) in [6.45, 7) is 12.8. The third-order valence-corrected chi connectivity index (χ3v) is 7.57. The van der Waals surface area contributed by atoms with E-state index in [9.17, 15) is 23.2 Å². The zero-order chi connectivity index (χ0) is 30.1. The number of aromatic nitrogens is 2. The number of carbonyl (C=O) groups excluding carboxylic acids is 3. The highest BCUT2D eigenvalue weighted by Gasteiger charge is 2.33. The largest absolute Gasteiger partial charge is 0.444 e. The van der Waals surface area contributed by atoms with E-state index in [2.05, 4.69) is 15.6 Å². The first-order valence-electron chi connectivity index (χ1n) is 13.6. The van der Waals surface area contributed by atoms with Crippen LogP contribution in [0.15, 0.2) is 30.3 Å². The molecule has 222 valence electrons. The molecule has 0 unspecified atom stereocenters. The van der Waals surface area contributed by atoms with Gasteiger partial charge in [-0.1, -0.05) is 20.8 Å². The van der Waals surface area contributed by atoms with Gasteiger partial charge in [-0.2, -0.15) is 0 Å². The molecule has 3 amide bonds. The summed E-state index contributed by atoms with van der Waals surface area (Å²) in [7, 11) is 0. The summed E-state index contributed by atoms with van der Waals surface area (Å²) < 4.78 is 33.6. The van der Waals surface area contributed by atoms with E-state index in [1.54, 1.807) is 27.7 Å². The molecular weight excluding hydrogens is 552 g/mol. The highest BCUT2D eigenvalue weighted by atomic mass is 32.1. The third-order valence-electron chi connectivity index (χ3n) is 6.48. The number of nitrogens with zero attached hydrogens (tertiary/aromatic N) is 3. The van der Waals surface area contributed by atoms with E-state index in [-0.39, 0.29) is 33.1 Å². The first-order valence-corrected chi connectivity index (χ1v) is 14.4. The molecule has 0 bridgehead atoms. The van der Waals surface area contributed by atoms with Crippen LogP contribution in [0.25, 0.3) is 11.0 Å². The summed E-state index contributed by atoms with van der Waals surface area (Å²) in [6, 6.07) is 7.47. The van der Waals surface area contributed by atoms with Gasteiger partial charge >= 0.3 is 6.09 Å². The zero-order valence-electron chi connectivity index (χ0n) is 24.2. The number of benzene rings is 1. The second-order valence-corrected chi connectivity index (χ2v) is 13.5. The molecule has 1 atom stereocenters. The minimum Gasteiger partial charge on any atom is -0.444 e. The molecule has 3 heterocycles. The second kappa shape index (κ2) is 11.8. The van der Waals surface area contributed by atoms with Crippen molar-refractivity contribution >= 4 is 46.2 Å². The van der Waals surface area contributed by atoms with Gasteiger partial charge < -0.3 is 19.5 Å². The van der Waals surface area contributed by atoms with Crippen molar-refractivity contribution in [3.05, 3.63) is 45.6 Å². The van der Waals surface area contributed by atoms with Crippen LogP contribution in [-0.4, -0.2) is 57.1 Å². The van der Waals surface area contributed by atoms with Crippen molar-refractivity contribution in [2.24, 2.45) is 5.41 Å². The van der Waals surface area contributed by atoms with Gasteiger partial charge in [0.25, 0.3) is 18.2 Å². The molecule has 12 heteroatoms. The van der Waals surface area contributed by atoms with Crippen molar-refractivity contribution in [1.29, 1.82) is 0 Å². The van der Waals surface area contributed by atoms with Crippen LogP contribution in [0.4, 0.5) is 19.5 Å². The molecule has 2 N–H and O–H groups in total. The van der Waals surface area contributed by atoms with E-state index in [1.807, 2.05) is 41.5 Å². The Bertz CT molecular complexity index is 1440. The van der Waals surface area contributed by atoms with Gasteiger partial charge in [0.1, 0.15) is 5.60 Å². The normalized spacial score (nSPS) is 15.9. The summed E-state index contributed by atoms with van der Waals surface area (Å²) in [4.78, 5) is 45.0. The number of hydrogen-bond acceptors (Lipinski definition) is 6. The van der Waals surface area contributed by atoms with E-state index in [0.717, 1.165) is 12.8 Å². The maximum Gasteiger partial charge on any atom is 0.410 e. The van der Waals surface area contributed by atoms with Gasteiger partial charge in [-0.05, 0) is 69.4 Å². The number of halogens is 2. The number of imidazole rings is 1. The Morgan fingerprint density at radius 1 is 1.10 bits per heavy atom. The maximum absolute atomic E-state index is 13.1. The van der Waals surface area contributed by atoms with E-state index in [0.29, 0.717) is 47.6 Å². The SMILES string of the molecule is CC(C)(C)CNC(=O)c1ccc2c(c1)nc(NC(=O)c1ccc(C(F)F)s1)n2C[C@H]1CCCN1C(=O)OC(C)(C)C. The number of alkyl halides is 2. The average molecular weight is 590 g/mol. The summed E-state index contributed by atoms with van der Waals surface area (Å²) in [6.07, 6.45) is -1.56. The highest BCUT2D eigenvalue weighted by molar-refractivity contribution is 7.14. The van der Waals surface area contributed by atoms with Crippen LogP contribution >= 0.6 is 11.3 Å². The van der Waals surface area contributed by atoms with E-state index >= 15 is 0 Å². The van der Waals surface area contributed by atoms with Crippen LogP contribution in [0.2, 0.25) is 0 Å². The molecule has 0 spiro atoms. The van der Waals surface area contributed by atoms with Gasteiger partial charge in [0.2, 0.25) is 5.95 Å². The molecule has 1 saturated heterocycles. The maximum atomic E-state index is 13.1. The molecule has 0 saturated carbocycles. The van der Waals surface area contributed by atoms with Gasteiger partial charge in [-0.25, -0.2) is 18.6 Å². The van der Waals surface area contributed by atoms with Crippen molar-refractivity contribution in [3.8, 4) is 0 Å². The third kappa shape index (κ3) is 7.60.